The zero-order valence-electron chi connectivity index (χ0n) is 7.68. The number of hydrogen-bond acceptors (Lipinski definition) is 2. The molecule has 2 heteroatoms. The van der Waals surface area contributed by atoms with Crippen molar-refractivity contribution in [3.63, 3.8) is 0 Å². The summed E-state index contributed by atoms with van der Waals surface area (Å²) in [5, 5.41) is 3.36. The third-order valence-corrected chi connectivity index (χ3v) is 2.85. The van der Waals surface area contributed by atoms with Crippen molar-refractivity contribution in [2.24, 2.45) is 0 Å². The maximum atomic E-state index is 5.40. The van der Waals surface area contributed by atoms with Gasteiger partial charge in [-0.1, -0.05) is 0 Å². The van der Waals surface area contributed by atoms with Crippen molar-refractivity contribution >= 4 is 0 Å². The summed E-state index contributed by atoms with van der Waals surface area (Å²) in [5.41, 5.74) is 1.64. The summed E-state index contributed by atoms with van der Waals surface area (Å²) in [4.78, 5) is 0. The highest BCUT2D eigenvalue weighted by Gasteiger charge is 2.41. The van der Waals surface area contributed by atoms with Crippen LogP contribution in [-0.4, -0.2) is 12.6 Å². The Hall–Kier alpha value is -0.760. The van der Waals surface area contributed by atoms with Gasteiger partial charge in [0, 0.05) is 12.0 Å². The van der Waals surface area contributed by atoms with Gasteiger partial charge in [-0.15, -0.1) is 0 Å². The monoisotopic (exact) mass is 165 g/mol. The van der Waals surface area contributed by atoms with Crippen molar-refractivity contribution in [1.82, 2.24) is 5.32 Å². The Kier molecular flexibility index (Phi) is 1.72. The fourth-order valence-corrected chi connectivity index (χ4v) is 1.56. The smallest absolute Gasteiger partial charge is 0.108 e. The zero-order chi connectivity index (χ0) is 8.60. The standard InChI is InChI=1S/C10H15NO/c1-8-3-6-12-9(8)7-10(11-2)4-5-10/h3,6,11H,4-5,7H2,1-2H3. The van der Waals surface area contributed by atoms with E-state index in [2.05, 4.69) is 12.2 Å². The summed E-state index contributed by atoms with van der Waals surface area (Å²) in [5.74, 6) is 1.14. The Bertz CT molecular complexity index is 273. The van der Waals surface area contributed by atoms with Crippen LogP contribution in [0.5, 0.6) is 0 Å². The predicted molar refractivity (Wildman–Crippen MR) is 48.2 cm³/mol. The topological polar surface area (TPSA) is 25.2 Å². The van der Waals surface area contributed by atoms with Crippen LogP contribution in [0.1, 0.15) is 24.2 Å². The average Bonchev–Trinajstić information content (AvgIpc) is 2.74. The van der Waals surface area contributed by atoms with Crippen molar-refractivity contribution in [1.29, 1.82) is 0 Å². The van der Waals surface area contributed by atoms with Crippen LogP contribution in [0.4, 0.5) is 0 Å². The second kappa shape index (κ2) is 2.63. The van der Waals surface area contributed by atoms with Gasteiger partial charge in [0.25, 0.3) is 0 Å². The molecule has 66 valence electrons. The van der Waals surface area contributed by atoms with Crippen LogP contribution in [-0.2, 0) is 6.42 Å². The number of furan rings is 1. The van der Waals surface area contributed by atoms with Crippen molar-refractivity contribution in [3.8, 4) is 0 Å². The summed E-state index contributed by atoms with van der Waals surface area (Å²) >= 11 is 0. The summed E-state index contributed by atoms with van der Waals surface area (Å²) in [7, 11) is 2.03. The highest BCUT2D eigenvalue weighted by atomic mass is 16.3. The van der Waals surface area contributed by atoms with E-state index in [9.17, 15) is 0 Å². The lowest BCUT2D eigenvalue weighted by Gasteiger charge is -2.11. The molecule has 12 heavy (non-hydrogen) atoms. The fourth-order valence-electron chi connectivity index (χ4n) is 1.56. The lowest BCUT2D eigenvalue weighted by molar-refractivity contribution is 0.447. The number of rotatable bonds is 3. The van der Waals surface area contributed by atoms with Crippen molar-refractivity contribution in [3.05, 3.63) is 23.7 Å². The molecule has 0 bridgehead atoms. The molecule has 2 nitrogen and oxygen atoms in total. The minimum Gasteiger partial charge on any atom is -0.469 e. The summed E-state index contributed by atoms with van der Waals surface area (Å²) in [6.45, 7) is 2.10. The highest BCUT2D eigenvalue weighted by molar-refractivity contribution is 5.20. The van der Waals surface area contributed by atoms with Crippen molar-refractivity contribution in [2.75, 3.05) is 7.05 Å². The molecule has 0 spiro atoms. The molecule has 0 amide bonds. The molecule has 0 aliphatic heterocycles. The minimum atomic E-state index is 0.364. The first kappa shape index (κ1) is 7.87. The fraction of sp³-hybridized carbons (Fsp3) is 0.600. The van der Waals surface area contributed by atoms with Crippen LogP contribution in [0.3, 0.4) is 0 Å². The summed E-state index contributed by atoms with van der Waals surface area (Å²) < 4.78 is 5.40. The molecule has 1 aliphatic rings. The van der Waals surface area contributed by atoms with Gasteiger partial charge in [-0.3, -0.25) is 0 Å². The van der Waals surface area contributed by atoms with E-state index in [0.717, 1.165) is 12.2 Å². The normalized spacial score (nSPS) is 19.5. The van der Waals surface area contributed by atoms with E-state index in [-0.39, 0.29) is 0 Å². The van der Waals surface area contributed by atoms with Crippen molar-refractivity contribution in [2.45, 2.75) is 31.7 Å². The summed E-state index contributed by atoms with van der Waals surface area (Å²) in [6, 6.07) is 2.03. The molecule has 1 fully saturated rings. The minimum absolute atomic E-state index is 0.364. The van der Waals surface area contributed by atoms with E-state index in [0.29, 0.717) is 5.54 Å². The van der Waals surface area contributed by atoms with Crippen molar-refractivity contribution < 1.29 is 4.42 Å². The molecule has 1 heterocycles. The van der Waals surface area contributed by atoms with Gasteiger partial charge in [-0.2, -0.15) is 0 Å². The Morgan fingerprint density at radius 2 is 2.33 bits per heavy atom. The second-order valence-corrected chi connectivity index (χ2v) is 3.73. The number of likely N-dealkylation sites (N-methyl/N-ethyl adjacent to an activating group) is 1. The van der Waals surface area contributed by atoms with E-state index < -0.39 is 0 Å². The maximum Gasteiger partial charge on any atom is 0.108 e. The predicted octanol–water partition coefficient (Wildman–Crippen LogP) is 1.88. The number of aryl methyl sites for hydroxylation is 1. The Morgan fingerprint density at radius 3 is 2.75 bits per heavy atom. The third kappa shape index (κ3) is 1.27. The Balaban J connectivity index is 2.08. The highest BCUT2D eigenvalue weighted by Crippen LogP contribution is 2.38. The van der Waals surface area contributed by atoms with E-state index in [4.69, 9.17) is 4.42 Å². The van der Waals surface area contributed by atoms with E-state index in [1.807, 2.05) is 13.1 Å². The Morgan fingerprint density at radius 1 is 1.58 bits per heavy atom. The van der Waals surface area contributed by atoms with Gasteiger partial charge in [0.15, 0.2) is 0 Å². The quantitative estimate of drug-likeness (QED) is 0.739. The Labute approximate surface area is 73.0 Å². The van der Waals surface area contributed by atoms with E-state index in [1.165, 1.54) is 18.4 Å². The number of nitrogens with one attached hydrogen (secondary N) is 1. The van der Waals surface area contributed by atoms with E-state index in [1.54, 1.807) is 6.26 Å². The SMILES string of the molecule is CNC1(Cc2occc2C)CC1. The largest absolute Gasteiger partial charge is 0.469 e. The van der Waals surface area contributed by atoms with Gasteiger partial charge in [0.05, 0.1) is 6.26 Å². The molecule has 0 saturated heterocycles. The van der Waals surface area contributed by atoms with Crippen LogP contribution in [0.15, 0.2) is 16.7 Å². The van der Waals surface area contributed by atoms with Gasteiger partial charge >= 0.3 is 0 Å². The van der Waals surface area contributed by atoms with Crippen LogP contribution < -0.4 is 5.32 Å². The lowest BCUT2D eigenvalue weighted by atomic mass is 10.1. The molecule has 1 N–H and O–H groups in total. The molecular weight excluding hydrogens is 150 g/mol. The molecule has 1 saturated carbocycles. The molecule has 1 aromatic rings. The molecule has 0 radical (unpaired) electrons. The molecule has 2 rings (SSSR count). The third-order valence-electron chi connectivity index (χ3n) is 2.85. The first-order chi connectivity index (χ1) is 5.76. The molecule has 1 aromatic heterocycles. The first-order valence-electron chi connectivity index (χ1n) is 4.48. The zero-order valence-corrected chi connectivity index (χ0v) is 7.68. The second-order valence-electron chi connectivity index (χ2n) is 3.73. The molecule has 0 atom stereocenters. The van der Waals surface area contributed by atoms with Gasteiger partial charge in [-0.05, 0) is 38.4 Å². The van der Waals surface area contributed by atoms with Gasteiger partial charge in [0.2, 0.25) is 0 Å². The van der Waals surface area contributed by atoms with Gasteiger partial charge < -0.3 is 9.73 Å². The molecular formula is C10H15NO. The maximum absolute atomic E-state index is 5.40. The number of hydrogen-bond donors (Lipinski definition) is 1. The van der Waals surface area contributed by atoms with Gasteiger partial charge in [0.1, 0.15) is 5.76 Å². The van der Waals surface area contributed by atoms with Crippen LogP contribution in [0.2, 0.25) is 0 Å². The van der Waals surface area contributed by atoms with Crippen LogP contribution in [0, 0.1) is 6.92 Å². The average molecular weight is 165 g/mol. The first-order valence-corrected chi connectivity index (χ1v) is 4.48. The van der Waals surface area contributed by atoms with Gasteiger partial charge in [-0.25, -0.2) is 0 Å². The lowest BCUT2D eigenvalue weighted by Crippen LogP contribution is -2.29. The van der Waals surface area contributed by atoms with Crippen LogP contribution in [0.25, 0.3) is 0 Å². The molecule has 0 aromatic carbocycles. The van der Waals surface area contributed by atoms with E-state index >= 15 is 0 Å². The summed E-state index contributed by atoms with van der Waals surface area (Å²) in [6.07, 6.45) is 5.38. The molecule has 0 unspecified atom stereocenters. The molecule has 1 aliphatic carbocycles. The van der Waals surface area contributed by atoms with Crippen LogP contribution >= 0.6 is 0 Å².